The van der Waals surface area contributed by atoms with Gasteiger partial charge in [0.25, 0.3) is 0 Å². The monoisotopic (exact) mass is 309 g/mol. The van der Waals surface area contributed by atoms with Crippen LogP contribution >= 0.6 is 11.3 Å². The van der Waals surface area contributed by atoms with Gasteiger partial charge in [-0.1, -0.05) is 19.4 Å². The van der Waals surface area contributed by atoms with Crippen LogP contribution in [-0.4, -0.2) is 43.2 Å². The Morgan fingerprint density at radius 2 is 2.33 bits per heavy atom. The van der Waals surface area contributed by atoms with Gasteiger partial charge in [0.1, 0.15) is 12.6 Å². The highest BCUT2D eigenvalue weighted by atomic mass is 32.1. The SMILES string of the molecule is CCCC(NC(=O)Cn1nnc(-c2cccs2)n1)C(=O)O. The van der Waals surface area contributed by atoms with Crippen molar-refractivity contribution in [2.24, 2.45) is 0 Å². The van der Waals surface area contributed by atoms with Gasteiger partial charge in [-0.2, -0.15) is 4.80 Å². The topological polar surface area (TPSA) is 110 Å². The standard InChI is InChI=1S/C12H15N5O3S/c1-2-4-8(12(19)20)13-10(18)7-17-15-11(14-16-17)9-5-3-6-21-9/h3,5-6,8H,2,4,7H2,1H3,(H,13,18)(H,19,20). The molecule has 2 N–H and O–H groups in total. The number of aliphatic carboxylic acids is 1. The summed E-state index contributed by atoms with van der Waals surface area (Å²) in [7, 11) is 0. The van der Waals surface area contributed by atoms with Gasteiger partial charge >= 0.3 is 5.97 Å². The quantitative estimate of drug-likeness (QED) is 0.781. The molecule has 0 bridgehead atoms. The summed E-state index contributed by atoms with van der Waals surface area (Å²) in [5.41, 5.74) is 0. The summed E-state index contributed by atoms with van der Waals surface area (Å²) in [6.07, 6.45) is 1.05. The van der Waals surface area contributed by atoms with Crippen LogP contribution in [0, 0.1) is 0 Å². The molecular weight excluding hydrogens is 294 g/mol. The van der Waals surface area contributed by atoms with Gasteiger partial charge < -0.3 is 10.4 Å². The normalized spacial score (nSPS) is 12.0. The van der Waals surface area contributed by atoms with E-state index in [1.54, 1.807) is 0 Å². The summed E-state index contributed by atoms with van der Waals surface area (Å²) in [6, 6.07) is 2.84. The first-order valence-electron chi connectivity index (χ1n) is 6.44. The second-order valence-electron chi connectivity index (χ2n) is 4.37. The Balaban J connectivity index is 1.95. The highest BCUT2D eigenvalue weighted by Crippen LogP contribution is 2.19. The molecule has 1 amide bonds. The summed E-state index contributed by atoms with van der Waals surface area (Å²) >= 11 is 1.47. The van der Waals surface area contributed by atoms with Crippen molar-refractivity contribution in [1.29, 1.82) is 0 Å². The number of carboxylic acid groups (broad SMARTS) is 1. The van der Waals surface area contributed by atoms with Crippen LogP contribution in [0.25, 0.3) is 10.7 Å². The average molecular weight is 309 g/mol. The molecule has 0 spiro atoms. The Kier molecular flexibility index (Phi) is 4.99. The van der Waals surface area contributed by atoms with Crippen molar-refractivity contribution in [3.8, 4) is 10.7 Å². The molecule has 0 aromatic carbocycles. The van der Waals surface area contributed by atoms with Crippen molar-refractivity contribution in [2.75, 3.05) is 0 Å². The summed E-state index contributed by atoms with van der Waals surface area (Å²) in [6.45, 7) is 1.69. The van der Waals surface area contributed by atoms with E-state index in [0.717, 1.165) is 9.67 Å². The number of tetrazole rings is 1. The number of hydrogen-bond acceptors (Lipinski definition) is 6. The lowest BCUT2D eigenvalue weighted by molar-refractivity contribution is -0.142. The van der Waals surface area contributed by atoms with E-state index < -0.39 is 17.9 Å². The number of carbonyl (C=O) groups is 2. The zero-order valence-electron chi connectivity index (χ0n) is 11.4. The number of carbonyl (C=O) groups excluding carboxylic acids is 1. The first-order valence-corrected chi connectivity index (χ1v) is 7.32. The van der Waals surface area contributed by atoms with Crippen molar-refractivity contribution in [2.45, 2.75) is 32.4 Å². The Labute approximate surface area is 124 Å². The minimum absolute atomic E-state index is 0.161. The van der Waals surface area contributed by atoms with E-state index in [2.05, 4.69) is 20.7 Å². The van der Waals surface area contributed by atoms with E-state index in [1.807, 2.05) is 24.4 Å². The molecule has 21 heavy (non-hydrogen) atoms. The third-order valence-corrected chi connectivity index (χ3v) is 3.56. The number of nitrogens with zero attached hydrogens (tertiary/aromatic N) is 4. The summed E-state index contributed by atoms with van der Waals surface area (Å²) in [5.74, 6) is -1.05. The van der Waals surface area contributed by atoms with Gasteiger partial charge in [0, 0.05) is 0 Å². The van der Waals surface area contributed by atoms with E-state index in [4.69, 9.17) is 5.11 Å². The molecule has 0 fully saturated rings. The van der Waals surface area contributed by atoms with E-state index in [9.17, 15) is 9.59 Å². The molecular formula is C12H15N5O3S. The molecule has 1 unspecified atom stereocenters. The first kappa shape index (κ1) is 15.1. The second-order valence-corrected chi connectivity index (χ2v) is 5.32. The van der Waals surface area contributed by atoms with Gasteiger partial charge in [-0.05, 0) is 23.1 Å². The van der Waals surface area contributed by atoms with Gasteiger partial charge in [0.2, 0.25) is 11.7 Å². The molecule has 0 aliphatic rings. The predicted molar refractivity (Wildman–Crippen MR) is 75.6 cm³/mol. The van der Waals surface area contributed by atoms with Crippen LogP contribution < -0.4 is 5.32 Å². The Morgan fingerprint density at radius 1 is 1.52 bits per heavy atom. The fourth-order valence-electron chi connectivity index (χ4n) is 1.73. The molecule has 2 heterocycles. The van der Waals surface area contributed by atoms with Gasteiger partial charge in [0.15, 0.2) is 0 Å². The molecule has 0 saturated carbocycles. The van der Waals surface area contributed by atoms with Crippen molar-refractivity contribution < 1.29 is 14.7 Å². The lowest BCUT2D eigenvalue weighted by atomic mass is 10.2. The molecule has 112 valence electrons. The summed E-state index contributed by atoms with van der Waals surface area (Å²) in [4.78, 5) is 24.8. The lowest BCUT2D eigenvalue weighted by Crippen LogP contribution is -2.42. The third-order valence-electron chi connectivity index (χ3n) is 2.69. The number of amides is 1. The Hall–Kier alpha value is -2.29. The summed E-state index contributed by atoms with van der Waals surface area (Å²) in [5, 5.41) is 25.1. The number of aromatic nitrogens is 4. The number of carboxylic acids is 1. The van der Waals surface area contributed by atoms with Gasteiger partial charge in [-0.25, -0.2) is 4.79 Å². The molecule has 1 atom stereocenters. The van der Waals surface area contributed by atoms with E-state index in [1.165, 1.54) is 11.3 Å². The number of rotatable bonds is 7. The Bertz CT molecular complexity index is 610. The van der Waals surface area contributed by atoms with E-state index >= 15 is 0 Å². The minimum atomic E-state index is -1.05. The van der Waals surface area contributed by atoms with Crippen LogP contribution in [0.3, 0.4) is 0 Å². The van der Waals surface area contributed by atoms with Crippen molar-refractivity contribution in [1.82, 2.24) is 25.5 Å². The number of hydrogen-bond donors (Lipinski definition) is 2. The first-order chi connectivity index (χ1) is 10.1. The van der Waals surface area contributed by atoms with Gasteiger partial charge in [0.05, 0.1) is 4.88 Å². The van der Waals surface area contributed by atoms with Gasteiger partial charge in [-0.15, -0.1) is 21.5 Å². The molecule has 2 aromatic rings. The number of nitrogens with one attached hydrogen (secondary N) is 1. The van der Waals surface area contributed by atoms with Crippen LogP contribution in [0.5, 0.6) is 0 Å². The molecule has 0 saturated heterocycles. The Morgan fingerprint density at radius 3 is 2.95 bits per heavy atom. The largest absolute Gasteiger partial charge is 0.480 e. The van der Waals surface area contributed by atoms with Crippen molar-refractivity contribution in [3.63, 3.8) is 0 Å². The molecule has 2 rings (SSSR count). The van der Waals surface area contributed by atoms with Crippen LogP contribution in [0.2, 0.25) is 0 Å². The van der Waals surface area contributed by atoms with E-state index in [0.29, 0.717) is 18.7 Å². The van der Waals surface area contributed by atoms with Crippen LogP contribution in [-0.2, 0) is 16.1 Å². The molecule has 2 aromatic heterocycles. The lowest BCUT2D eigenvalue weighted by Gasteiger charge is -2.12. The molecule has 9 heteroatoms. The third kappa shape index (κ3) is 4.09. The summed E-state index contributed by atoms with van der Waals surface area (Å²) < 4.78 is 0. The van der Waals surface area contributed by atoms with Crippen molar-refractivity contribution >= 4 is 23.2 Å². The molecule has 0 aliphatic heterocycles. The maximum absolute atomic E-state index is 11.8. The predicted octanol–water partition coefficient (Wildman–Crippen LogP) is 0.771. The highest BCUT2D eigenvalue weighted by Gasteiger charge is 2.19. The van der Waals surface area contributed by atoms with Crippen LogP contribution in [0.4, 0.5) is 0 Å². The van der Waals surface area contributed by atoms with Gasteiger partial charge in [-0.3, -0.25) is 4.79 Å². The van der Waals surface area contributed by atoms with Crippen LogP contribution in [0.1, 0.15) is 19.8 Å². The fourth-order valence-corrected chi connectivity index (χ4v) is 2.38. The maximum Gasteiger partial charge on any atom is 0.326 e. The maximum atomic E-state index is 11.8. The fraction of sp³-hybridized carbons (Fsp3) is 0.417. The molecule has 0 aliphatic carbocycles. The zero-order valence-corrected chi connectivity index (χ0v) is 12.2. The molecule has 0 radical (unpaired) electrons. The number of thiophene rings is 1. The average Bonchev–Trinajstić information content (AvgIpc) is 3.08. The minimum Gasteiger partial charge on any atom is -0.480 e. The second kappa shape index (κ2) is 6.93. The molecule has 8 nitrogen and oxygen atoms in total. The van der Waals surface area contributed by atoms with Crippen LogP contribution in [0.15, 0.2) is 17.5 Å². The van der Waals surface area contributed by atoms with Crippen molar-refractivity contribution in [3.05, 3.63) is 17.5 Å². The van der Waals surface area contributed by atoms with E-state index in [-0.39, 0.29) is 6.54 Å². The highest BCUT2D eigenvalue weighted by molar-refractivity contribution is 7.13. The smallest absolute Gasteiger partial charge is 0.326 e. The zero-order chi connectivity index (χ0) is 15.2.